The molecule has 2 atom stereocenters. The van der Waals surface area contributed by atoms with Crippen LogP contribution in [0.15, 0.2) is 36.4 Å². The number of fused-ring (bicyclic) bond motifs is 1. The molecule has 0 saturated heterocycles. The van der Waals surface area contributed by atoms with Crippen LogP contribution in [-0.4, -0.2) is 15.3 Å². The summed E-state index contributed by atoms with van der Waals surface area (Å²) in [4.78, 5) is 0. The van der Waals surface area contributed by atoms with Crippen molar-refractivity contribution in [1.82, 2.24) is 0 Å². The summed E-state index contributed by atoms with van der Waals surface area (Å²) in [5, 5.41) is 30.3. The number of ether oxygens (including phenoxy) is 1. The first-order valence-corrected chi connectivity index (χ1v) is 9.39. The van der Waals surface area contributed by atoms with Gasteiger partial charge in [0.15, 0.2) is 0 Å². The SMILES string of the molecule is CCC1(CC)c2ccc(O)cc2OC(CC)(c2ccc(O)cc2O)C1C. The van der Waals surface area contributed by atoms with Gasteiger partial charge in [0.1, 0.15) is 28.6 Å². The van der Waals surface area contributed by atoms with Crippen molar-refractivity contribution in [2.45, 2.75) is 58.0 Å². The third-order valence-corrected chi connectivity index (χ3v) is 6.55. The second-order valence-corrected chi connectivity index (χ2v) is 7.31. The van der Waals surface area contributed by atoms with Crippen LogP contribution in [0.25, 0.3) is 0 Å². The van der Waals surface area contributed by atoms with Gasteiger partial charge in [-0.25, -0.2) is 0 Å². The number of hydrogen-bond acceptors (Lipinski definition) is 4. The third kappa shape index (κ3) is 2.43. The fraction of sp³-hybridized carbons (Fsp3) is 0.455. The summed E-state index contributed by atoms with van der Waals surface area (Å²) in [6.45, 7) is 8.59. The summed E-state index contributed by atoms with van der Waals surface area (Å²) in [6, 6.07) is 10.0. The molecule has 0 aliphatic carbocycles. The average molecular weight is 356 g/mol. The van der Waals surface area contributed by atoms with Gasteiger partial charge >= 0.3 is 0 Å². The van der Waals surface area contributed by atoms with Gasteiger partial charge < -0.3 is 20.1 Å². The van der Waals surface area contributed by atoms with Crippen LogP contribution in [-0.2, 0) is 11.0 Å². The standard InChI is InChI=1S/C22H28O4/c1-5-21(6-2)14(4)22(7-3,17-10-8-15(23)12-19(17)25)26-20-13-16(24)9-11-18(20)21/h8-14,23-25H,5-7H2,1-4H3. The maximum atomic E-state index is 10.6. The average Bonchev–Trinajstić information content (AvgIpc) is 2.62. The topological polar surface area (TPSA) is 69.9 Å². The Labute approximate surface area is 155 Å². The molecular weight excluding hydrogens is 328 g/mol. The van der Waals surface area contributed by atoms with E-state index in [1.54, 1.807) is 24.3 Å². The van der Waals surface area contributed by atoms with Gasteiger partial charge in [0.2, 0.25) is 0 Å². The second kappa shape index (κ2) is 6.42. The number of aromatic hydroxyl groups is 3. The predicted molar refractivity (Wildman–Crippen MR) is 102 cm³/mol. The lowest BCUT2D eigenvalue weighted by Gasteiger charge is -2.54. The Kier molecular flexibility index (Phi) is 4.55. The molecule has 26 heavy (non-hydrogen) atoms. The zero-order valence-electron chi connectivity index (χ0n) is 15.9. The van der Waals surface area contributed by atoms with E-state index in [1.807, 2.05) is 13.0 Å². The minimum Gasteiger partial charge on any atom is -0.508 e. The summed E-state index contributed by atoms with van der Waals surface area (Å²) in [6.07, 6.45) is 2.50. The normalized spacial score (nSPS) is 23.9. The fourth-order valence-electron chi connectivity index (χ4n) is 4.95. The molecule has 1 heterocycles. The van der Waals surface area contributed by atoms with Crippen molar-refractivity contribution in [2.75, 3.05) is 0 Å². The Morgan fingerprint density at radius 1 is 0.846 bits per heavy atom. The van der Waals surface area contributed by atoms with E-state index in [9.17, 15) is 15.3 Å². The molecule has 1 aliphatic heterocycles. The lowest BCUT2D eigenvalue weighted by molar-refractivity contribution is -0.0573. The molecule has 4 nitrogen and oxygen atoms in total. The minimum absolute atomic E-state index is 0.0243. The first kappa shape index (κ1) is 18.4. The Bertz CT molecular complexity index is 810. The Hall–Kier alpha value is -2.36. The predicted octanol–water partition coefficient (Wildman–Crippen LogP) is 5.20. The molecule has 140 valence electrons. The van der Waals surface area contributed by atoms with Crippen molar-refractivity contribution >= 4 is 0 Å². The van der Waals surface area contributed by atoms with E-state index in [0.29, 0.717) is 17.7 Å². The fourth-order valence-corrected chi connectivity index (χ4v) is 4.95. The zero-order valence-corrected chi connectivity index (χ0v) is 15.9. The van der Waals surface area contributed by atoms with Gasteiger partial charge in [0.25, 0.3) is 0 Å². The molecule has 1 aliphatic rings. The van der Waals surface area contributed by atoms with E-state index in [2.05, 4.69) is 20.8 Å². The first-order chi connectivity index (χ1) is 12.3. The third-order valence-electron chi connectivity index (χ3n) is 6.55. The van der Waals surface area contributed by atoms with Gasteiger partial charge in [-0.05, 0) is 37.5 Å². The summed E-state index contributed by atoms with van der Waals surface area (Å²) < 4.78 is 6.53. The van der Waals surface area contributed by atoms with Crippen LogP contribution >= 0.6 is 0 Å². The Balaban J connectivity index is 2.30. The number of phenolic OH excluding ortho intramolecular Hbond substituents is 3. The van der Waals surface area contributed by atoms with Crippen LogP contribution in [0.4, 0.5) is 0 Å². The zero-order chi connectivity index (χ0) is 19.1. The molecule has 4 heteroatoms. The van der Waals surface area contributed by atoms with Crippen LogP contribution in [0.2, 0.25) is 0 Å². The molecule has 2 aromatic rings. The van der Waals surface area contributed by atoms with Crippen molar-refractivity contribution < 1.29 is 20.1 Å². The molecule has 0 fully saturated rings. The van der Waals surface area contributed by atoms with Gasteiger partial charge in [-0.2, -0.15) is 0 Å². The highest BCUT2D eigenvalue weighted by Crippen LogP contribution is 2.58. The summed E-state index contributed by atoms with van der Waals surface area (Å²) in [5.41, 5.74) is 0.896. The largest absolute Gasteiger partial charge is 0.508 e. The molecule has 0 spiro atoms. The molecule has 0 bridgehead atoms. The number of benzene rings is 2. The van der Waals surface area contributed by atoms with Gasteiger partial charge in [0, 0.05) is 34.6 Å². The molecule has 3 N–H and O–H groups in total. The van der Waals surface area contributed by atoms with Crippen molar-refractivity contribution in [1.29, 1.82) is 0 Å². The quantitative estimate of drug-likeness (QED) is 0.704. The van der Waals surface area contributed by atoms with E-state index in [1.165, 1.54) is 6.07 Å². The molecule has 0 radical (unpaired) electrons. The minimum atomic E-state index is -0.745. The number of phenols is 3. The summed E-state index contributed by atoms with van der Waals surface area (Å²) in [7, 11) is 0. The van der Waals surface area contributed by atoms with Crippen molar-refractivity contribution in [3.63, 3.8) is 0 Å². The summed E-state index contributed by atoms with van der Waals surface area (Å²) in [5.74, 6) is 0.975. The van der Waals surface area contributed by atoms with E-state index in [-0.39, 0.29) is 28.6 Å². The maximum absolute atomic E-state index is 10.6. The Morgan fingerprint density at radius 3 is 1.96 bits per heavy atom. The molecule has 2 aromatic carbocycles. The molecule has 2 unspecified atom stereocenters. The van der Waals surface area contributed by atoms with Gasteiger partial charge in [0.05, 0.1) is 0 Å². The van der Waals surface area contributed by atoms with E-state index < -0.39 is 5.60 Å². The van der Waals surface area contributed by atoms with Gasteiger partial charge in [-0.15, -0.1) is 0 Å². The molecular formula is C22H28O4. The van der Waals surface area contributed by atoms with Crippen molar-refractivity contribution in [2.24, 2.45) is 5.92 Å². The molecule has 0 saturated carbocycles. The van der Waals surface area contributed by atoms with Crippen LogP contribution in [0.3, 0.4) is 0 Å². The van der Waals surface area contributed by atoms with Gasteiger partial charge in [-0.1, -0.05) is 33.8 Å². The molecule has 0 aromatic heterocycles. The van der Waals surface area contributed by atoms with Crippen LogP contribution in [0.5, 0.6) is 23.0 Å². The van der Waals surface area contributed by atoms with Crippen molar-refractivity contribution in [3.05, 3.63) is 47.5 Å². The van der Waals surface area contributed by atoms with Crippen LogP contribution in [0.1, 0.15) is 58.1 Å². The number of rotatable bonds is 4. The Morgan fingerprint density at radius 2 is 1.42 bits per heavy atom. The highest BCUT2D eigenvalue weighted by molar-refractivity contribution is 5.51. The maximum Gasteiger partial charge on any atom is 0.141 e. The van der Waals surface area contributed by atoms with E-state index >= 15 is 0 Å². The molecule has 0 amide bonds. The second-order valence-electron chi connectivity index (χ2n) is 7.31. The van der Waals surface area contributed by atoms with Crippen LogP contribution in [0, 0.1) is 5.92 Å². The molecule has 3 rings (SSSR count). The van der Waals surface area contributed by atoms with E-state index in [4.69, 9.17) is 4.74 Å². The highest BCUT2D eigenvalue weighted by atomic mass is 16.5. The monoisotopic (exact) mass is 356 g/mol. The first-order valence-electron chi connectivity index (χ1n) is 9.39. The van der Waals surface area contributed by atoms with Crippen LogP contribution < -0.4 is 4.74 Å². The smallest absolute Gasteiger partial charge is 0.141 e. The van der Waals surface area contributed by atoms with Crippen molar-refractivity contribution in [3.8, 4) is 23.0 Å². The highest BCUT2D eigenvalue weighted by Gasteiger charge is 2.55. The lowest BCUT2D eigenvalue weighted by Crippen LogP contribution is -2.53. The van der Waals surface area contributed by atoms with Gasteiger partial charge in [-0.3, -0.25) is 0 Å². The number of hydrogen-bond donors (Lipinski definition) is 3. The summed E-state index contributed by atoms with van der Waals surface area (Å²) >= 11 is 0. The lowest BCUT2D eigenvalue weighted by atomic mass is 9.57. The van der Waals surface area contributed by atoms with E-state index in [0.717, 1.165) is 18.4 Å².